The van der Waals surface area contributed by atoms with E-state index in [1.165, 1.54) is 0 Å². The van der Waals surface area contributed by atoms with Crippen LogP contribution in [0.5, 0.6) is 5.75 Å². The van der Waals surface area contributed by atoms with Gasteiger partial charge in [-0.3, -0.25) is 19.8 Å². The van der Waals surface area contributed by atoms with Crippen molar-refractivity contribution in [1.29, 1.82) is 0 Å². The molecule has 1 unspecified atom stereocenters. The van der Waals surface area contributed by atoms with E-state index in [1.54, 1.807) is 6.26 Å². The van der Waals surface area contributed by atoms with Gasteiger partial charge in [0.25, 0.3) is 0 Å². The smallest absolute Gasteiger partial charge is 0.234 e. The summed E-state index contributed by atoms with van der Waals surface area (Å²) in [7, 11) is 0. The van der Waals surface area contributed by atoms with E-state index in [0.717, 1.165) is 65.9 Å². The molecule has 2 amide bonds. The summed E-state index contributed by atoms with van der Waals surface area (Å²) in [6.07, 6.45) is 2.49. The van der Waals surface area contributed by atoms with Crippen molar-refractivity contribution in [3.8, 4) is 5.75 Å². The maximum Gasteiger partial charge on any atom is 0.234 e. The first-order valence-electron chi connectivity index (χ1n) is 10.4. The van der Waals surface area contributed by atoms with Gasteiger partial charge in [0.1, 0.15) is 17.9 Å². The average molecular weight is 408 g/mol. The molecule has 30 heavy (non-hydrogen) atoms. The van der Waals surface area contributed by atoms with Crippen molar-refractivity contribution in [3.63, 3.8) is 0 Å². The van der Waals surface area contributed by atoms with Crippen LogP contribution in [0.15, 0.2) is 41.0 Å². The highest BCUT2D eigenvalue weighted by Gasteiger charge is 2.30. The van der Waals surface area contributed by atoms with E-state index in [9.17, 15) is 9.59 Å². The maximum absolute atomic E-state index is 12.3. The molecule has 0 bridgehead atoms. The number of piperidine rings is 1. The molecule has 0 spiro atoms. The van der Waals surface area contributed by atoms with E-state index in [-0.39, 0.29) is 17.7 Å². The number of furan rings is 1. The molecular weight excluding hydrogens is 384 g/mol. The van der Waals surface area contributed by atoms with Crippen LogP contribution >= 0.6 is 0 Å². The van der Waals surface area contributed by atoms with E-state index in [2.05, 4.69) is 10.2 Å². The number of benzene rings is 2. The van der Waals surface area contributed by atoms with Gasteiger partial charge in [-0.2, -0.15) is 0 Å². The second kappa shape index (κ2) is 8.08. The minimum absolute atomic E-state index is 0.214. The van der Waals surface area contributed by atoms with Crippen LogP contribution in [0.4, 0.5) is 0 Å². The van der Waals surface area contributed by atoms with Crippen LogP contribution in [-0.4, -0.2) is 56.2 Å². The number of hydrogen-bond donors (Lipinski definition) is 1. The summed E-state index contributed by atoms with van der Waals surface area (Å²) >= 11 is 0. The lowest BCUT2D eigenvalue weighted by Crippen LogP contribution is -2.39. The normalized spacial score (nSPS) is 20.6. The molecule has 1 N–H and O–H groups in total. The van der Waals surface area contributed by atoms with Crippen molar-refractivity contribution in [2.24, 2.45) is 0 Å². The Kier molecular flexibility index (Phi) is 5.14. The van der Waals surface area contributed by atoms with Crippen LogP contribution in [-0.2, 0) is 14.3 Å². The number of amides is 2. The van der Waals surface area contributed by atoms with Gasteiger partial charge in [0.05, 0.1) is 25.4 Å². The molecule has 3 aromatic rings. The molecule has 2 aliphatic heterocycles. The summed E-state index contributed by atoms with van der Waals surface area (Å²) in [5, 5.41) is 5.41. The van der Waals surface area contributed by atoms with Gasteiger partial charge in [0.2, 0.25) is 11.8 Å². The van der Waals surface area contributed by atoms with Gasteiger partial charge in [-0.15, -0.1) is 0 Å². The summed E-state index contributed by atoms with van der Waals surface area (Å²) in [6.45, 7) is 4.96. The van der Waals surface area contributed by atoms with Crippen LogP contribution < -0.4 is 10.1 Å². The van der Waals surface area contributed by atoms with Gasteiger partial charge in [-0.05, 0) is 41.5 Å². The lowest BCUT2D eigenvalue weighted by Gasteiger charge is -2.26. The highest BCUT2D eigenvalue weighted by Crippen LogP contribution is 2.35. The SMILES string of the molecule is O=C1CCC(c2coc3cc4ccc(OCCN5CCOCC5)cc4cc23)C(=O)N1. The van der Waals surface area contributed by atoms with Crippen molar-refractivity contribution in [2.45, 2.75) is 18.8 Å². The quantitative estimate of drug-likeness (QED) is 0.654. The van der Waals surface area contributed by atoms with Crippen molar-refractivity contribution in [2.75, 3.05) is 39.5 Å². The molecule has 2 fully saturated rings. The maximum atomic E-state index is 12.3. The monoisotopic (exact) mass is 408 g/mol. The molecule has 2 saturated heterocycles. The number of carbonyl (C=O) groups excluding carboxylic acids is 2. The van der Waals surface area contributed by atoms with Gasteiger partial charge in [0, 0.05) is 37.0 Å². The zero-order valence-electron chi connectivity index (χ0n) is 16.7. The molecule has 1 aromatic heterocycles. The van der Waals surface area contributed by atoms with Crippen LogP contribution in [0.2, 0.25) is 0 Å². The van der Waals surface area contributed by atoms with Crippen molar-refractivity contribution < 1.29 is 23.5 Å². The van der Waals surface area contributed by atoms with E-state index in [1.807, 2.05) is 30.3 Å². The van der Waals surface area contributed by atoms with E-state index in [0.29, 0.717) is 19.4 Å². The minimum Gasteiger partial charge on any atom is -0.492 e. The van der Waals surface area contributed by atoms with Crippen molar-refractivity contribution in [3.05, 3.63) is 42.2 Å². The minimum atomic E-state index is -0.366. The van der Waals surface area contributed by atoms with Crippen LogP contribution in [0.1, 0.15) is 24.3 Å². The van der Waals surface area contributed by atoms with Crippen molar-refractivity contribution in [1.82, 2.24) is 10.2 Å². The highest BCUT2D eigenvalue weighted by atomic mass is 16.5. The average Bonchev–Trinajstić information content (AvgIpc) is 3.15. The van der Waals surface area contributed by atoms with Gasteiger partial charge in [-0.1, -0.05) is 6.07 Å². The molecule has 1 atom stereocenters. The number of rotatable bonds is 5. The Balaban J connectivity index is 1.37. The number of nitrogens with one attached hydrogen (secondary N) is 1. The first kappa shape index (κ1) is 19.1. The fourth-order valence-electron chi connectivity index (χ4n) is 4.24. The third-order valence-electron chi connectivity index (χ3n) is 5.93. The fraction of sp³-hybridized carbons (Fsp3) is 0.391. The first-order valence-corrected chi connectivity index (χ1v) is 10.4. The zero-order chi connectivity index (χ0) is 20.5. The highest BCUT2D eigenvalue weighted by molar-refractivity contribution is 6.04. The second-order valence-electron chi connectivity index (χ2n) is 7.85. The van der Waals surface area contributed by atoms with E-state index >= 15 is 0 Å². The van der Waals surface area contributed by atoms with Crippen molar-refractivity contribution >= 4 is 33.6 Å². The Labute approximate surface area is 173 Å². The summed E-state index contributed by atoms with van der Waals surface area (Å²) in [5.41, 5.74) is 1.57. The van der Waals surface area contributed by atoms with Crippen LogP contribution in [0.3, 0.4) is 0 Å². The molecule has 5 rings (SSSR count). The number of ether oxygens (including phenoxy) is 2. The molecule has 2 aliphatic rings. The standard InChI is InChI=1S/C23H24N2O5/c26-22-4-3-18(23(27)24-22)20-14-30-21-13-15-1-2-17(11-16(15)12-19(20)21)29-10-7-25-5-8-28-9-6-25/h1-2,11-14,18H,3-10H2,(H,24,26,27). The van der Waals surface area contributed by atoms with Gasteiger partial charge in [0.15, 0.2) is 0 Å². The molecule has 156 valence electrons. The Morgan fingerprint density at radius 3 is 2.80 bits per heavy atom. The number of imide groups is 1. The van der Waals surface area contributed by atoms with E-state index < -0.39 is 0 Å². The zero-order valence-corrected chi connectivity index (χ0v) is 16.7. The Morgan fingerprint density at radius 1 is 1.10 bits per heavy atom. The summed E-state index contributed by atoms with van der Waals surface area (Å²) in [4.78, 5) is 26.1. The molecule has 2 aromatic carbocycles. The predicted molar refractivity (Wildman–Crippen MR) is 112 cm³/mol. The number of nitrogens with zero attached hydrogens (tertiary/aromatic N) is 1. The van der Waals surface area contributed by atoms with Crippen LogP contribution in [0.25, 0.3) is 21.7 Å². The Morgan fingerprint density at radius 2 is 1.97 bits per heavy atom. The van der Waals surface area contributed by atoms with Gasteiger partial charge in [-0.25, -0.2) is 0 Å². The number of carbonyl (C=O) groups is 2. The third kappa shape index (κ3) is 3.78. The van der Waals surface area contributed by atoms with Gasteiger partial charge < -0.3 is 13.9 Å². The lowest BCUT2D eigenvalue weighted by atomic mass is 9.90. The largest absolute Gasteiger partial charge is 0.492 e. The molecule has 0 saturated carbocycles. The Bertz CT molecular complexity index is 1100. The lowest BCUT2D eigenvalue weighted by molar-refractivity contribution is -0.134. The second-order valence-corrected chi connectivity index (χ2v) is 7.85. The number of hydrogen-bond acceptors (Lipinski definition) is 6. The summed E-state index contributed by atoms with van der Waals surface area (Å²) < 4.78 is 17.1. The predicted octanol–water partition coefficient (Wildman–Crippen LogP) is 2.82. The summed E-state index contributed by atoms with van der Waals surface area (Å²) in [5.74, 6) is -0.0156. The molecule has 3 heterocycles. The topological polar surface area (TPSA) is 81.0 Å². The van der Waals surface area contributed by atoms with Gasteiger partial charge >= 0.3 is 0 Å². The fourth-order valence-corrected chi connectivity index (χ4v) is 4.24. The molecular formula is C23H24N2O5. The van der Waals surface area contributed by atoms with Crippen LogP contribution in [0, 0.1) is 0 Å². The molecule has 0 aliphatic carbocycles. The molecule has 7 nitrogen and oxygen atoms in total. The van der Waals surface area contributed by atoms with E-state index in [4.69, 9.17) is 13.9 Å². The Hall–Kier alpha value is -2.90. The third-order valence-corrected chi connectivity index (χ3v) is 5.93. The number of fused-ring (bicyclic) bond motifs is 2. The first-order chi connectivity index (χ1) is 14.7. The molecule has 7 heteroatoms. The number of morpholine rings is 1. The molecule has 0 radical (unpaired) electrons. The summed E-state index contributed by atoms with van der Waals surface area (Å²) in [6, 6.07) is 10.0.